The summed E-state index contributed by atoms with van der Waals surface area (Å²) in [6.45, 7) is 8.52. The first-order valence-electron chi connectivity index (χ1n) is 8.80. The van der Waals surface area contributed by atoms with Crippen molar-refractivity contribution in [1.29, 1.82) is 0 Å². The van der Waals surface area contributed by atoms with E-state index in [1.54, 1.807) is 21.3 Å². The van der Waals surface area contributed by atoms with Gasteiger partial charge in [0.15, 0.2) is 11.8 Å². The van der Waals surface area contributed by atoms with E-state index in [1.807, 2.05) is 45.9 Å². The van der Waals surface area contributed by atoms with E-state index in [0.717, 1.165) is 17.1 Å². The van der Waals surface area contributed by atoms with Crippen LogP contribution in [0.5, 0.6) is 11.5 Å². The molecule has 0 saturated heterocycles. The molecule has 0 bridgehead atoms. The fourth-order valence-electron chi connectivity index (χ4n) is 2.45. The van der Waals surface area contributed by atoms with Crippen LogP contribution in [0.15, 0.2) is 27.7 Å². The van der Waals surface area contributed by atoms with Gasteiger partial charge in [0.1, 0.15) is 11.5 Å². The number of hydrogen-bond donors (Lipinski definition) is 2. The number of methoxy groups -OCH3 is 2. The van der Waals surface area contributed by atoms with Crippen LogP contribution in [0.3, 0.4) is 0 Å². The van der Waals surface area contributed by atoms with Gasteiger partial charge in [-0.15, -0.1) is 24.0 Å². The van der Waals surface area contributed by atoms with Crippen molar-refractivity contribution < 1.29 is 14.0 Å². The van der Waals surface area contributed by atoms with Gasteiger partial charge in [-0.1, -0.05) is 25.9 Å². The Morgan fingerprint density at radius 1 is 1.25 bits per heavy atom. The Morgan fingerprint density at radius 3 is 2.50 bits per heavy atom. The van der Waals surface area contributed by atoms with Crippen molar-refractivity contribution >= 4 is 29.9 Å². The molecule has 2 N–H and O–H groups in total. The van der Waals surface area contributed by atoms with E-state index in [9.17, 15) is 0 Å². The van der Waals surface area contributed by atoms with Gasteiger partial charge in [0.25, 0.3) is 0 Å². The van der Waals surface area contributed by atoms with Gasteiger partial charge >= 0.3 is 0 Å². The van der Waals surface area contributed by atoms with Crippen molar-refractivity contribution in [2.45, 2.75) is 45.7 Å². The molecule has 156 valence electrons. The summed E-state index contributed by atoms with van der Waals surface area (Å²) in [7, 11) is 5.00. The molecule has 8 nitrogen and oxygen atoms in total. The van der Waals surface area contributed by atoms with Crippen LogP contribution >= 0.6 is 24.0 Å². The van der Waals surface area contributed by atoms with Gasteiger partial charge in [-0.2, -0.15) is 4.98 Å². The number of halogens is 1. The van der Waals surface area contributed by atoms with E-state index in [4.69, 9.17) is 14.0 Å². The third-order valence-corrected chi connectivity index (χ3v) is 4.00. The van der Waals surface area contributed by atoms with Crippen LogP contribution in [0.25, 0.3) is 0 Å². The summed E-state index contributed by atoms with van der Waals surface area (Å²) in [4.78, 5) is 8.67. The highest BCUT2D eigenvalue weighted by Crippen LogP contribution is 2.29. The summed E-state index contributed by atoms with van der Waals surface area (Å²) in [5, 5.41) is 10.5. The molecule has 1 atom stereocenters. The van der Waals surface area contributed by atoms with Crippen LogP contribution in [0, 0.1) is 0 Å². The van der Waals surface area contributed by atoms with Gasteiger partial charge in [-0.25, -0.2) is 0 Å². The van der Waals surface area contributed by atoms with Crippen LogP contribution in [-0.4, -0.2) is 37.4 Å². The molecule has 0 aliphatic rings. The van der Waals surface area contributed by atoms with Gasteiger partial charge in [-0.05, 0) is 25.1 Å². The number of ether oxygens (including phenoxy) is 2. The summed E-state index contributed by atoms with van der Waals surface area (Å²) in [6.07, 6.45) is 0. The summed E-state index contributed by atoms with van der Waals surface area (Å²) >= 11 is 0. The minimum Gasteiger partial charge on any atom is -0.497 e. The smallest absolute Gasteiger partial charge is 0.232 e. The van der Waals surface area contributed by atoms with Gasteiger partial charge in [0.2, 0.25) is 5.89 Å². The van der Waals surface area contributed by atoms with Gasteiger partial charge in [0.05, 0.1) is 26.8 Å². The average molecular weight is 503 g/mol. The highest BCUT2D eigenvalue weighted by molar-refractivity contribution is 14.0. The number of benzene rings is 1. The first-order valence-corrected chi connectivity index (χ1v) is 8.80. The summed E-state index contributed by atoms with van der Waals surface area (Å²) in [5.74, 6) is 3.35. The van der Waals surface area contributed by atoms with Crippen molar-refractivity contribution in [3.05, 3.63) is 35.5 Å². The van der Waals surface area contributed by atoms with Crippen molar-refractivity contribution in [2.75, 3.05) is 21.3 Å². The summed E-state index contributed by atoms with van der Waals surface area (Å²) in [5.41, 5.74) is 0.789. The van der Waals surface area contributed by atoms with Crippen molar-refractivity contribution in [3.8, 4) is 11.5 Å². The maximum atomic E-state index is 5.46. The van der Waals surface area contributed by atoms with Crippen molar-refractivity contribution in [2.24, 2.45) is 4.99 Å². The lowest BCUT2D eigenvalue weighted by Crippen LogP contribution is -2.38. The third-order valence-electron chi connectivity index (χ3n) is 4.00. The van der Waals surface area contributed by atoms with E-state index in [0.29, 0.717) is 24.2 Å². The number of nitrogens with zero attached hydrogens (tertiary/aromatic N) is 3. The number of nitrogens with one attached hydrogen (secondary N) is 2. The van der Waals surface area contributed by atoms with E-state index in [2.05, 4.69) is 25.8 Å². The summed E-state index contributed by atoms with van der Waals surface area (Å²) in [6, 6.07) is 5.64. The van der Waals surface area contributed by atoms with Crippen molar-refractivity contribution in [1.82, 2.24) is 20.8 Å². The average Bonchev–Trinajstić information content (AvgIpc) is 3.13. The maximum absolute atomic E-state index is 5.46. The zero-order valence-corrected chi connectivity index (χ0v) is 19.8. The van der Waals surface area contributed by atoms with Crippen LogP contribution in [0.4, 0.5) is 0 Å². The fraction of sp³-hybridized carbons (Fsp3) is 0.526. The lowest BCUT2D eigenvalue weighted by Gasteiger charge is -2.20. The highest BCUT2D eigenvalue weighted by Gasteiger charge is 2.22. The lowest BCUT2D eigenvalue weighted by molar-refractivity contribution is 0.318. The normalized spacial score (nSPS) is 12.8. The number of hydrogen-bond acceptors (Lipinski definition) is 6. The molecule has 28 heavy (non-hydrogen) atoms. The molecular formula is C19H30IN5O3. The first kappa shape index (κ1) is 24.0. The third kappa shape index (κ3) is 6.25. The maximum Gasteiger partial charge on any atom is 0.232 e. The SMILES string of the molecule is CN=C(NCc1noc(C(C)(C)C)n1)NC(C)c1cc(OC)ccc1OC.I. The molecule has 0 amide bonds. The van der Waals surface area contributed by atoms with E-state index >= 15 is 0 Å². The Bertz CT molecular complexity index is 786. The first-order chi connectivity index (χ1) is 12.8. The zero-order chi connectivity index (χ0) is 20.0. The summed E-state index contributed by atoms with van der Waals surface area (Å²) < 4.78 is 16.1. The molecule has 0 radical (unpaired) electrons. The van der Waals surface area contributed by atoms with Gasteiger partial charge in [-0.3, -0.25) is 4.99 Å². The minimum atomic E-state index is -0.178. The van der Waals surface area contributed by atoms with E-state index < -0.39 is 0 Å². The molecule has 9 heteroatoms. The van der Waals surface area contributed by atoms with E-state index in [1.165, 1.54) is 0 Å². The van der Waals surface area contributed by atoms with Crippen LogP contribution in [0.2, 0.25) is 0 Å². The van der Waals surface area contributed by atoms with Crippen LogP contribution < -0.4 is 20.1 Å². The second kappa shape index (κ2) is 10.5. The zero-order valence-electron chi connectivity index (χ0n) is 17.5. The minimum absolute atomic E-state index is 0. The van der Waals surface area contributed by atoms with Gasteiger partial charge < -0.3 is 24.6 Å². The predicted molar refractivity (Wildman–Crippen MR) is 120 cm³/mol. The van der Waals surface area contributed by atoms with Crippen LogP contribution in [0.1, 0.15) is 51.0 Å². The second-order valence-corrected chi connectivity index (χ2v) is 7.17. The van der Waals surface area contributed by atoms with E-state index in [-0.39, 0.29) is 35.4 Å². The molecule has 1 aromatic heterocycles. The number of aliphatic imine (C=N–C) groups is 1. The lowest BCUT2D eigenvalue weighted by atomic mass is 9.97. The quantitative estimate of drug-likeness (QED) is 0.355. The Hall–Kier alpha value is -2.04. The molecular weight excluding hydrogens is 473 g/mol. The predicted octanol–water partition coefficient (Wildman–Crippen LogP) is 3.43. The Balaban J connectivity index is 0.00000392. The van der Waals surface area contributed by atoms with Crippen LogP contribution in [-0.2, 0) is 12.0 Å². The molecule has 2 rings (SSSR count). The molecule has 1 unspecified atom stereocenters. The molecule has 1 aromatic carbocycles. The molecule has 0 saturated carbocycles. The standard InChI is InChI=1S/C19H29N5O3.HI/c1-12(14-10-13(25-6)8-9-15(14)26-7)22-18(20-5)21-11-16-23-17(27-24-16)19(2,3)4;/h8-10,12H,11H2,1-7H3,(H2,20,21,22);1H. The fourth-order valence-corrected chi connectivity index (χ4v) is 2.45. The Morgan fingerprint density at radius 2 is 1.96 bits per heavy atom. The molecule has 2 aromatic rings. The largest absolute Gasteiger partial charge is 0.497 e. The second-order valence-electron chi connectivity index (χ2n) is 7.17. The molecule has 1 heterocycles. The number of rotatable bonds is 6. The Labute approximate surface area is 183 Å². The topological polar surface area (TPSA) is 93.8 Å². The molecule has 0 aliphatic heterocycles. The molecule has 0 aliphatic carbocycles. The van der Waals surface area contributed by atoms with Crippen molar-refractivity contribution in [3.63, 3.8) is 0 Å². The number of guanidine groups is 1. The number of aromatic nitrogens is 2. The monoisotopic (exact) mass is 503 g/mol. The van der Waals surface area contributed by atoms with Gasteiger partial charge in [0, 0.05) is 18.0 Å². The Kier molecular flexibility index (Phi) is 8.99. The molecule has 0 spiro atoms. The highest BCUT2D eigenvalue weighted by atomic mass is 127. The molecule has 0 fully saturated rings.